The quantitative estimate of drug-likeness (QED) is 0.443. The molecular weight excluding hydrogens is 375 g/mol. The Kier molecular flexibility index (Phi) is 4.88. The molecule has 28 heavy (non-hydrogen) atoms. The molecule has 1 fully saturated rings. The van der Waals surface area contributed by atoms with E-state index in [9.17, 15) is 14.0 Å². The molecule has 2 heterocycles. The molecule has 0 N–H and O–H groups in total. The van der Waals surface area contributed by atoms with Gasteiger partial charge in [-0.1, -0.05) is 36.4 Å². The van der Waals surface area contributed by atoms with E-state index in [0.29, 0.717) is 17.0 Å². The Bertz CT molecular complexity index is 1120. The summed E-state index contributed by atoms with van der Waals surface area (Å²) in [6, 6.07) is 13.7. The maximum Gasteiger partial charge on any atom is 0.293 e. The first-order valence-electron chi connectivity index (χ1n) is 8.75. The van der Waals surface area contributed by atoms with Crippen molar-refractivity contribution in [3.8, 4) is 0 Å². The molecule has 0 radical (unpaired) electrons. The summed E-state index contributed by atoms with van der Waals surface area (Å²) < 4.78 is 15.1. The fraction of sp³-hybridized carbons (Fsp3) is 0.0909. The summed E-state index contributed by atoms with van der Waals surface area (Å²) in [6.07, 6.45) is 5.53. The van der Waals surface area contributed by atoms with Crippen molar-refractivity contribution < 1.29 is 14.0 Å². The van der Waals surface area contributed by atoms with Gasteiger partial charge >= 0.3 is 0 Å². The Morgan fingerprint density at radius 3 is 2.57 bits per heavy atom. The van der Waals surface area contributed by atoms with E-state index >= 15 is 0 Å². The van der Waals surface area contributed by atoms with Crippen LogP contribution in [0.15, 0.2) is 72.3 Å². The molecule has 0 atom stereocenters. The van der Waals surface area contributed by atoms with Gasteiger partial charge in [-0.05, 0) is 41.6 Å². The van der Waals surface area contributed by atoms with Crippen LogP contribution in [-0.2, 0) is 17.9 Å². The summed E-state index contributed by atoms with van der Waals surface area (Å²) in [5.74, 6) is -0.687. The average Bonchev–Trinajstić information content (AvgIpc) is 3.17. The lowest BCUT2D eigenvalue weighted by molar-refractivity contribution is -0.123. The molecule has 0 bridgehead atoms. The van der Waals surface area contributed by atoms with Gasteiger partial charge in [-0.3, -0.25) is 14.5 Å². The molecule has 4 rings (SSSR count). The normalized spacial score (nSPS) is 15.8. The van der Waals surface area contributed by atoms with Crippen LogP contribution in [0.3, 0.4) is 0 Å². The number of hydrogen-bond donors (Lipinski definition) is 0. The van der Waals surface area contributed by atoms with E-state index in [1.807, 2.05) is 36.5 Å². The van der Waals surface area contributed by atoms with Gasteiger partial charge in [0.05, 0.1) is 11.4 Å². The van der Waals surface area contributed by atoms with Crippen molar-refractivity contribution in [3.63, 3.8) is 0 Å². The van der Waals surface area contributed by atoms with Crippen LogP contribution in [0.4, 0.5) is 9.18 Å². The highest BCUT2D eigenvalue weighted by atomic mass is 32.2. The predicted molar refractivity (Wildman–Crippen MR) is 110 cm³/mol. The number of amides is 2. The van der Waals surface area contributed by atoms with E-state index in [1.165, 1.54) is 17.0 Å². The van der Waals surface area contributed by atoms with Crippen molar-refractivity contribution >= 4 is 39.9 Å². The molecule has 4 nitrogen and oxygen atoms in total. The van der Waals surface area contributed by atoms with Gasteiger partial charge in [-0.15, -0.1) is 6.58 Å². The summed E-state index contributed by atoms with van der Waals surface area (Å²) in [5.41, 5.74) is 2.62. The van der Waals surface area contributed by atoms with Crippen molar-refractivity contribution in [2.75, 3.05) is 0 Å². The Labute approximate surface area is 165 Å². The van der Waals surface area contributed by atoms with Gasteiger partial charge in [0, 0.05) is 29.2 Å². The first-order chi connectivity index (χ1) is 13.6. The third kappa shape index (κ3) is 3.39. The maximum absolute atomic E-state index is 13.1. The minimum atomic E-state index is -0.353. The monoisotopic (exact) mass is 392 g/mol. The van der Waals surface area contributed by atoms with Gasteiger partial charge in [-0.2, -0.15) is 0 Å². The highest BCUT2D eigenvalue weighted by molar-refractivity contribution is 8.18. The van der Waals surface area contributed by atoms with E-state index < -0.39 is 0 Å². The standard InChI is InChI=1S/C22H17FN2O2S/c1-2-11-24-14-16(18-5-3-4-6-19(18)24)12-20-21(26)25(22(27)28-20)13-15-7-9-17(23)10-8-15/h2-10,12,14H,1,11,13H2. The number of para-hydroxylation sites is 1. The summed E-state index contributed by atoms with van der Waals surface area (Å²) in [7, 11) is 0. The molecule has 1 aliphatic rings. The topological polar surface area (TPSA) is 42.3 Å². The van der Waals surface area contributed by atoms with Crippen molar-refractivity contribution in [3.05, 3.63) is 89.2 Å². The van der Waals surface area contributed by atoms with Crippen molar-refractivity contribution in [2.45, 2.75) is 13.1 Å². The van der Waals surface area contributed by atoms with Crippen molar-refractivity contribution in [1.82, 2.24) is 9.47 Å². The van der Waals surface area contributed by atoms with Crippen molar-refractivity contribution in [2.24, 2.45) is 0 Å². The molecule has 2 aromatic carbocycles. The van der Waals surface area contributed by atoms with Gasteiger partial charge in [0.25, 0.3) is 11.1 Å². The number of thioether (sulfide) groups is 1. The zero-order chi connectivity index (χ0) is 19.7. The Morgan fingerprint density at radius 2 is 1.82 bits per heavy atom. The second kappa shape index (κ2) is 7.48. The molecule has 0 aliphatic carbocycles. The number of imide groups is 1. The second-order valence-electron chi connectivity index (χ2n) is 6.44. The van der Waals surface area contributed by atoms with Crippen LogP contribution in [0.25, 0.3) is 17.0 Å². The molecule has 0 spiro atoms. The number of nitrogens with zero attached hydrogens (tertiary/aromatic N) is 2. The summed E-state index contributed by atoms with van der Waals surface area (Å²) in [6.45, 7) is 4.56. The Morgan fingerprint density at radius 1 is 1.07 bits per heavy atom. The molecule has 6 heteroatoms. The van der Waals surface area contributed by atoms with Crippen molar-refractivity contribution in [1.29, 1.82) is 0 Å². The SMILES string of the molecule is C=CCn1cc(C=C2SC(=O)N(Cc3ccc(F)cc3)C2=O)c2ccccc21. The number of fused-ring (bicyclic) bond motifs is 1. The molecule has 140 valence electrons. The van der Waals surface area contributed by atoms with Gasteiger partial charge in [0.15, 0.2) is 0 Å². The zero-order valence-corrected chi connectivity index (χ0v) is 15.8. The molecule has 1 aromatic heterocycles. The van der Waals surface area contributed by atoms with Crippen LogP contribution in [-0.4, -0.2) is 20.6 Å². The molecule has 1 aliphatic heterocycles. The lowest BCUT2D eigenvalue weighted by Gasteiger charge is -2.12. The van der Waals surface area contributed by atoms with E-state index in [1.54, 1.807) is 18.2 Å². The predicted octanol–water partition coefficient (Wildman–Crippen LogP) is 5.20. The number of rotatable bonds is 5. The highest BCUT2D eigenvalue weighted by Gasteiger charge is 2.35. The maximum atomic E-state index is 13.1. The van der Waals surface area contributed by atoms with E-state index in [2.05, 4.69) is 11.1 Å². The number of carbonyl (C=O) groups excluding carboxylic acids is 2. The highest BCUT2D eigenvalue weighted by Crippen LogP contribution is 2.35. The Balaban J connectivity index is 1.65. The van der Waals surface area contributed by atoms with Crippen LogP contribution < -0.4 is 0 Å². The third-order valence-corrected chi connectivity index (χ3v) is 5.47. The summed E-state index contributed by atoms with van der Waals surface area (Å²) in [4.78, 5) is 26.7. The van der Waals surface area contributed by atoms with Crippen LogP contribution in [0.2, 0.25) is 0 Å². The zero-order valence-electron chi connectivity index (χ0n) is 15.0. The minimum absolute atomic E-state index is 0.126. The molecule has 3 aromatic rings. The number of halogens is 1. The molecule has 0 saturated carbocycles. The van der Waals surface area contributed by atoms with E-state index in [-0.39, 0.29) is 23.5 Å². The molecule has 1 saturated heterocycles. The molecule has 2 amide bonds. The smallest absolute Gasteiger partial charge is 0.293 e. The fourth-order valence-electron chi connectivity index (χ4n) is 3.23. The molecular formula is C22H17FN2O2S. The van der Waals surface area contributed by atoms with Crippen LogP contribution >= 0.6 is 11.8 Å². The Hall–Kier alpha value is -3.12. The largest absolute Gasteiger partial charge is 0.343 e. The number of benzene rings is 2. The third-order valence-electron chi connectivity index (χ3n) is 4.56. The van der Waals surface area contributed by atoms with Crippen LogP contribution in [0, 0.1) is 5.82 Å². The number of carbonyl (C=O) groups is 2. The van der Waals surface area contributed by atoms with Crippen LogP contribution in [0.5, 0.6) is 0 Å². The number of aromatic nitrogens is 1. The van der Waals surface area contributed by atoms with Gasteiger partial charge in [0.1, 0.15) is 5.82 Å². The summed E-state index contributed by atoms with van der Waals surface area (Å²) in [5, 5.41) is 0.685. The number of hydrogen-bond acceptors (Lipinski definition) is 3. The lowest BCUT2D eigenvalue weighted by atomic mass is 10.1. The average molecular weight is 392 g/mol. The minimum Gasteiger partial charge on any atom is -0.343 e. The first kappa shape index (κ1) is 18.3. The van der Waals surface area contributed by atoms with E-state index in [0.717, 1.165) is 28.2 Å². The van der Waals surface area contributed by atoms with Gasteiger partial charge in [-0.25, -0.2) is 4.39 Å². The van der Waals surface area contributed by atoms with Gasteiger partial charge in [0.2, 0.25) is 0 Å². The second-order valence-corrected chi connectivity index (χ2v) is 7.43. The lowest BCUT2D eigenvalue weighted by Crippen LogP contribution is -2.27. The number of allylic oxidation sites excluding steroid dienone is 1. The molecule has 0 unspecified atom stereocenters. The first-order valence-corrected chi connectivity index (χ1v) is 9.57. The summed E-state index contributed by atoms with van der Waals surface area (Å²) >= 11 is 0.925. The van der Waals surface area contributed by atoms with Gasteiger partial charge < -0.3 is 4.57 Å². The van der Waals surface area contributed by atoms with Crippen LogP contribution in [0.1, 0.15) is 11.1 Å². The van der Waals surface area contributed by atoms with E-state index in [4.69, 9.17) is 0 Å². The fourth-order valence-corrected chi connectivity index (χ4v) is 4.06.